The lowest BCUT2D eigenvalue weighted by Gasteiger charge is -2.11. The molecule has 0 saturated carbocycles. The minimum atomic E-state index is -1.05. The molecular formula is C19H18N4O3. The quantitative estimate of drug-likeness (QED) is 0.778. The second-order valence-corrected chi connectivity index (χ2v) is 6.21. The summed E-state index contributed by atoms with van der Waals surface area (Å²) in [5.41, 5.74) is 4.85. The van der Waals surface area contributed by atoms with Gasteiger partial charge in [-0.25, -0.2) is 14.8 Å². The van der Waals surface area contributed by atoms with Gasteiger partial charge in [-0.1, -0.05) is 24.3 Å². The smallest absolute Gasteiger partial charge is 0.339 e. The highest BCUT2D eigenvalue weighted by molar-refractivity contribution is 5.88. The van der Waals surface area contributed by atoms with Gasteiger partial charge in [-0.15, -0.1) is 0 Å². The number of carboxylic acids is 1. The van der Waals surface area contributed by atoms with Crippen LogP contribution in [0.5, 0.6) is 0 Å². The third-order valence-electron chi connectivity index (χ3n) is 4.59. The second-order valence-electron chi connectivity index (χ2n) is 6.21. The van der Waals surface area contributed by atoms with E-state index in [2.05, 4.69) is 22.2 Å². The Hall–Kier alpha value is -3.06. The molecule has 26 heavy (non-hydrogen) atoms. The summed E-state index contributed by atoms with van der Waals surface area (Å²) in [6, 6.07) is 8.23. The van der Waals surface area contributed by atoms with Gasteiger partial charge in [-0.2, -0.15) is 9.78 Å². The number of aryl methyl sites for hydroxylation is 2. The second kappa shape index (κ2) is 6.68. The van der Waals surface area contributed by atoms with Crippen LogP contribution in [-0.2, 0) is 24.2 Å². The monoisotopic (exact) mass is 350 g/mol. The molecule has 0 bridgehead atoms. The van der Waals surface area contributed by atoms with E-state index in [0.717, 1.165) is 36.1 Å². The SMILES string of the molecule is COCc1c(C(=O)O)cnn1-c1ncc2c(n1)-c1ccccc1CCC2. The molecule has 132 valence electrons. The minimum absolute atomic E-state index is 0.0887. The number of methoxy groups -OCH3 is 1. The van der Waals surface area contributed by atoms with E-state index < -0.39 is 5.97 Å². The van der Waals surface area contributed by atoms with Crippen molar-refractivity contribution in [3.63, 3.8) is 0 Å². The van der Waals surface area contributed by atoms with Gasteiger partial charge < -0.3 is 9.84 Å². The average molecular weight is 350 g/mol. The van der Waals surface area contributed by atoms with Crippen molar-refractivity contribution in [2.24, 2.45) is 0 Å². The van der Waals surface area contributed by atoms with E-state index in [0.29, 0.717) is 11.6 Å². The average Bonchev–Trinajstić information content (AvgIpc) is 2.97. The van der Waals surface area contributed by atoms with Crippen molar-refractivity contribution >= 4 is 5.97 Å². The van der Waals surface area contributed by atoms with Gasteiger partial charge in [-0.05, 0) is 30.4 Å². The van der Waals surface area contributed by atoms with E-state index in [1.54, 1.807) is 0 Å². The van der Waals surface area contributed by atoms with Crippen LogP contribution in [0.4, 0.5) is 0 Å². The number of carbonyl (C=O) groups is 1. The number of aromatic carboxylic acids is 1. The Labute approximate surface area is 150 Å². The van der Waals surface area contributed by atoms with Gasteiger partial charge in [-0.3, -0.25) is 0 Å². The summed E-state index contributed by atoms with van der Waals surface area (Å²) in [6.07, 6.45) is 6.08. The van der Waals surface area contributed by atoms with Gasteiger partial charge in [0, 0.05) is 18.9 Å². The maximum atomic E-state index is 11.4. The number of fused-ring (bicyclic) bond motifs is 3. The van der Waals surface area contributed by atoms with Gasteiger partial charge >= 0.3 is 5.97 Å². The molecule has 7 heteroatoms. The van der Waals surface area contributed by atoms with E-state index in [1.165, 1.54) is 23.6 Å². The Morgan fingerprint density at radius 2 is 2.04 bits per heavy atom. The summed E-state index contributed by atoms with van der Waals surface area (Å²) in [5.74, 6) is -0.705. The van der Waals surface area contributed by atoms with Crippen molar-refractivity contribution in [2.75, 3.05) is 7.11 Å². The maximum Gasteiger partial charge on any atom is 0.339 e. The molecule has 0 spiro atoms. The molecule has 2 aromatic heterocycles. The Morgan fingerprint density at radius 1 is 1.23 bits per heavy atom. The molecule has 0 unspecified atom stereocenters. The Kier molecular flexibility index (Phi) is 4.22. The summed E-state index contributed by atoms with van der Waals surface area (Å²) < 4.78 is 6.59. The molecule has 1 N–H and O–H groups in total. The van der Waals surface area contributed by atoms with Crippen molar-refractivity contribution in [1.29, 1.82) is 0 Å². The first kappa shape index (κ1) is 16.4. The molecule has 1 aliphatic rings. The molecule has 7 nitrogen and oxygen atoms in total. The Morgan fingerprint density at radius 3 is 2.85 bits per heavy atom. The van der Waals surface area contributed by atoms with Crippen LogP contribution in [0.15, 0.2) is 36.7 Å². The normalized spacial score (nSPS) is 13.0. The zero-order chi connectivity index (χ0) is 18.1. The van der Waals surface area contributed by atoms with E-state index in [1.807, 2.05) is 18.3 Å². The topological polar surface area (TPSA) is 90.1 Å². The van der Waals surface area contributed by atoms with E-state index in [4.69, 9.17) is 9.72 Å². The lowest BCUT2D eigenvalue weighted by atomic mass is 10.0. The summed E-state index contributed by atoms with van der Waals surface area (Å²) in [6.45, 7) is 0.110. The lowest BCUT2D eigenvalue weighted by Crippen LogP contribution is -2.11. The summed E-state index contributed by atoms with van der Waals surface area (Å²) in [7, 11) is 1.51. The molecule has 1 aliphatic carbocycles. The molecule has 0 aliphatic heterocycles. The molecule has 0 amide bonds. The molecular weight excluding hydrogens is 332 g/mol. The lowest BCUT2D eigenvalue weighted by molar-refractivity contribution is 0.0691. The van der Waals surface area contributed by atoms with Crippen molar-refractivity contribution in [3.05, 3.63) is 59.0 Å². The van der Waals surface area contributed by atoms with Gasteiger partial charge in [0.05, 0.1) is 24.2 Å². The third kappa shape index (κ3) is 2.76. The van der Waals surface area contributed by atoms with Crippen LogP contribution in [0, 0.1) is 0 Å². The molecule has 0 radical (unpaired) electrons. The van der Waals surface area contributed by atoms with Crippen LogP contribution >= 0.6 is 0 Å². The van der Waals surface area contributed by atoms with Crippen LogP contribution in [0.2, 0.25) is 0 Å². The standard InChI is InChI=1S/C19H18N4O3/c1-26-11-16-15(18(24)25)10-21-23(16)19-20-9-13-7-4-6-12-5-2-3-8-14(12)17(13)22-19/h2-3,5,8-10H,4,6-7,11H2,1H3,(H,24,25). The molecule has 3 aromatic rings. The summed E-state index contributed by atoms with van der Waals surface area (Å²) in [5, 5.41) is 13.5. The predicted octanol–water partition coefficient (Wildman–Crippen LogP) is 2.66. The molecule has 0 atom stereocenters. The van der Waals surface area contributed by atoms with Crippen LogP contribution in [0.25, 0.3) is 17.2 Å². The van der Waals surface area contributed by atoms with Crippen LogP contribution in [0.1, 0.15) is 33.6 Å². The first-order valence-corrected chi connectivity index (χ1v) is 8.42. The summed E-state index contributed by atoms with van der Waals surface area (Å²) >= 11 is 0. The Bertz CT molecular complexity index is 981. The zero-order valence-corrected chi connectivity index (χ0v) is 14.3. The number of nitrogens with zero attached hydrogens (tertiary/aromatic N) is 4. The van der Waals surface area contributed by atoms with Gasteiger partial charge in [0.25, 0.3) is 5.95 Å². The summed E-state index contributed by atoms with van der Waals surface area (Å²) in [4.78, 5) is 20.6. The van der Waals surface area contributed by atoms with E-state index in [9.17, 15) is 9.90 Å². The highest BCUT2D eigenvalue weighted by atomic mass is 16.5. The molecule has 1 aromatic carbocycles. The molecule has 4 rings (SSSR count). The Balaban J connectivity index is 1.87. The number of hydrogen-bond donors (Lipinski definition) is 1. The zero-order valence-electron chi connectivity index (χ0n) is 14.3. The van der Waals surface area contributed by atoms with Crippen molar-refractivity contribution < 1.29 is 14.6 Å². The minimum Gasteiger partial charge on any atom is -0.478 e. The maximum absolute atomic E-state index is 11.4. The number of aromatic nitrogens is 4. The predicted molar refractivity (Wildman–Crippen MR) is 94.3 cm³/mol. The highest BCUT2D eigenvalue weighted by Gasteiger charge is 2.21. The fraction of sp³-hybridized carbons (Fsp3) is 0.263. The van der Waals surface area contributed by atoms with Crippen LogP contribution < -0.4 is 0 Å². The van der Waals surface area contributed by atoms with Gasteiger partial charge in [0.1, 0.15) is 5.56 Å². The fourth-order valence-electron chi connectivity index (χ4n) is 3.35. The number of hydrogen-bond acceptors (Lipinski definition) is 5. The third-order valence-corrected chi connectivity index (χ3v) is 4.59. The van der Waals surface area contributed by atoms with E-state index in [-0.39, 0.29) is 12.2 Å². The number of ether oxygens (including phenoxy) is 1. The number of benzene rings is 1. The first-order valence-electron chi connectivity index (χ1n) is 8.42. The van der Waals surface area contributed by atoms with Crippen molar-refractivity contribution in [3.8, 4) is 17.2 Å². The molecule has 0 saturated heterocycles. The molecule has 2 heterocycles. The van der Waals surface area contributed by atoms with Crippen LogP contribution in [-0.4, -0.2) is 37.9 Å². The van der Waals surface area contributed by atoms with Crippen molar-refractivity contribution in [1.82, 2.24) is 19.7 Å². The number of rotatable bonds is 4. The molecule has 0 fully saturated rings. The van der Waals surface area contributed by atoms with Crippen LogP contribution in [0.3, 0.4) is 0 Å². The van der Waals surface area contributed by atoms with E-state index >= 15 is 0 Å². The van der Waals surface area contributed by atoms with Gasteiger partial charge in [0.2, 0.25) is 0 Å². The first-order chi connectivity index (χ1) is 12.7. The largest absolute Gasteiger partial charge is 0.478 e. The fourth-order valence-corrected chi connectivity index (χ4v) is 3.35. The van der Waals surface area contributed by atoms with Crippen molar-refractivity contribution in [2.45, 2.75) is 25.9 Å². The van der Waals surface area contributed by atoms with Gasteiger partial charge in [0.15, 0.2) is 0 Å². The highest BCUT2D eigenvalue weighted by Crippen LogP contribution is 2.31. The number of carboxylic acid groups (broad SMARTS) is 1.